The summed E-state index contributed by atoms with van der Waals surface area (Å²) in [6.07, 6.45) is -2.87. The van der Waals surface area contributed by atoms with Gasteiger partial charge in [-0.15, -0.1) is 0 Å². The molecule has 0 saturated carbocycles. The Labute approximate surface area is 128 Å². The predicted molar refractivity (Wildman–Crippen MR) is 78.7 cm³/mol. The summed E-state index contributed by atoms with van der Waals surface area (Å²) in [5, 5.41) is 1.41. The Bertz CT molecular complexity index is 633. The van der Waals surface area contributed by atoms with Gasteiger partial charge in [0.05, 0.1) is 5.56 Å². The smallest absolute Gasteiger partial charge is 0.416 e. The molecule has 1 unspecified atom stereocenters. The second kappa shape index (κ2) is 6.98. The summed E-state index contributed by atoms with van der Waals surface area (Å²) in [7, 11) is 0. The van der Waals surface area contributed by atoms with E-state index in [0.29, 0.717) is 5.56 Å². The average Bonchev–Trinajstić information content (AvgIpc) is 2.47. The van der Waals surface area contributed by atoms with Crippen LogP contribution in [0.15, 0.2) is 53.9 Å². The van der Waals surface area contributed by atoms with Gasteiger partial charge in [0.1, 0.15) is 17.0 Å². The fraction of sp³-hybridized carbons (Fsp3) is 0.125. The van der Waals surface area contributed by atoms with E-state index in [4.69, 9.17) is 0 Å². The maximum Gasteiger partial charge on any atom is 0.416 e. The fourth-order valence-electron chi connectivity index (χ4n) is 1.73. The number of halogens is 4. The van der Waals surface area contributed by atoms with E-state index in [0.717, 1.165) is 17.7 Å². The largest absolute Gasteiger partial charge is 0.612 e. The van der Waals surface area contributed by atoms with Crippen LogP contribution in [0.2, 0.25) is 0 Å². The standard InChI is InChI=1S/C16H12F4OS/c17-15-7-3-13(4-8-15)11-22(21)10-9-12-1-5-14(6-2-12)16(18,19)20/h1-10H,11H2/b10-9+. The lowest BCUT2D eigenvalue weighted by molar-refractivity contribution is -0.137. The van der Waals surface area contributed by atoms with Crippen molar-refractivity contribution in [2.45, 2.75) is 11.9 Å². The van der Waals surface area contributed by atoms with E-state index >= 15 is 0 Å². The molecule has 1 nitrogen and oxygen atoms in total. The van der Waals surface area contributed by atoms with Crippen molar-refractivity contribution in [3.8, 4) is 0 Å². The van der Waals surface area contributed by atoms with Gasteiger partial charge < -0.3 is 4.55 Å². The van der Waals surface area contributed by atoms with Crippen LogP contribution in [0.25, 0.3) is 6.08 Å². The molecule has 0 aliphatic carbocycles. The Balaban J connectivity index is 1.97. The summed E-state index contributed by atoms with van der Waals surface area (Å²) in [6.45, 7) is 0. The number of benzene rings is 2. The van der Waals surface area contributed by atoms with Gasteiger partial charge in [-0.2, -0.15) is 13.2 Å². The Morgan fingerprint density at radius 1 is 0.955 bits per heavy atom. The second-order valence-corrected chi connectivity index (χ2v) is 5.90. The van der Waals surface area contributed by atoms with Gasteiger partial charge in [-0.05, 0) is 47.1 Å². The molecule has 2 rings (SSSR count). The minimum Gasteiger partial charge on any atom is -0.612 e. The first-order valence-corrected chi connectivity index (χ1v) is 7.70. The van der Waals surface area contributed by atoms with Crippen LogP contribution >= 0.6 is 0 Å². The monoisotopic (exact) mass is 328 g/mol. The molecular weight excluding hydrogens is 316 g/mol. The highest BCUT2D eigenvalue weighted by atomic mass is 32.2. The van der Waals surface area contributed by atoms with E-state index in [1.807, 2.05) is 0 Å². The molecule has 0 N–H and O–H groups in total. The van der Waals surface area contributed by atoms with Crippen LogP contribution in [0, 0.1) is 5.82 Å². The summed E-state index contributed by atoms with van der Waals surface area (Å²) in [4.78, 5) is 0. The molecule has 0 fully saturated rings. The molecule has 0 radical (unpaired) electrons. The molecule has 0 bridgehead atoms. The van der Waals surface area contributed by atoms with Gasteiger partial charge in [0.2, 0.25) is 0 Å². The molecule has 0 aliphatic rings. The third-order valence-corrected chi connectivity index (χ3v) is 3.93. The molecule has 6 heteroatoms. The fourth-order valence-corrected chi connectivity index (χ4v) is 2.66. The Morgan fingerprint density at radius 2 is 1.55 bits per heavy atom. The Morgan fingerprint density at radius 3 is 2.09 bits per heavy atom. The lowest BCUT2D eigenvalue weighted by atomic mass is 10.1. The molecule has 2 aromatic rings. The quantitative estimate of drug-likeness (QED) is 0.586. The molecular formula is C16H12F4OS. The first kappa shape index (κ1) is 16.6. The van der Waals surface area contributed by atoms with Crippen molar-refractivity contribution >= 4 is 17.3 Å². The van der Waals surface area contributed by atoms with Gasteiger partial charge in [-0.3, -0.25) is 0 Å². The molecule has 22 heavy (non-hydrogen) atoms. The van der Waals surface area contributed by atoms with E-state index in [1.54, 1.807) is 12.1 Å². The summed E-state index contributed by atoms with van der Waals surface area (Å²) < 4.78 is 61.8. The predicted octanol–water partition coefficient (Wildman–Crippen LogP) is 4.76. The molecule has 0 saturated heterocycles. The van der Waals surface area contributed by atoms with Crippen LogP contribution in [-0.4, -0.2) is 4.55 Å². The summed E-state index contributed by atoms with van der Waals surface area (Å²) >= 11 is -1.33. The summed E-state index contributed by atoms with van der Waals surface area (Å²) in [6, 6.07) is 10.2. The summed E-state index contributed by atoms with van der Waals surface area (Å²) in [5.41, 5.74) is 0.523. The van der Waals surface area contributed by atoms with Crippen molar-refractivity contribution < 1.29 is 22.1 Å². The van der Waals surface area contributed by atoms with Gasteiger partial charge in [-0.25, -0.2) is 4.39 Å². The molecule has 0 aliphatic heterocycles. The maximum atomic E-state index is 12.7. The zero-order valence-corrected chi connectivity index (χ0v) is 12.1. The van der Waals surface area contributed by atoms with E-state index in [1.165, 1.54) is 35.7 Å². The highest BCUT2D eigenvalue weighted by Crippen LogP contribution is 2.29. The van der Waals surface area contributed by atoms with Crippen molar-refractivity contribution in [2.24, 2.45) is 0 Å². The lowest BCUT2D eigenvalue weighted by Gasteiger charge is -2.07. The zero-order chi connectivity index (χ0) is 16.2. The molecule has 0 amide bonds. The van der Waals surface area contributed by atoms with Crippen LogP contribution in [0.5, 0.6) is 0 Å². The average molecular weight is 328 g/mol. The van der Waals surface area contributed by atoms with Gasteiger partial charge in [0.25, 0.3) is 0 Å². The molecule has 2 aromatic carbocycles. The van der Waals surface area contributed by atoms with E-state index in [9.17, 15) is 22.1 Å². The second-order valence-electron chi connectivity index (χ2n) is 4.57. The van der Waals surface area contributed by atoms with Crippen molar-refractivity contribution in [1.82, 2.24) is 0 Å². The Kier molecular flexibility index (Phi) is 5.26. The number of alkyl halides is 3. The molecule has 0 spiro atoms. The molecule has 0 heterocycles. The van der Waals surface area contributed by atoms with E-state index in [-0.39, 0.29) is 11.6 Å². The molecule has 1 atom stereocenters. The normalized spacial score (nSPS) is 13.5. The third-order valence-electron chi connectivity index (χ3n) is 2.87. The number of rotatable bonds is 4. The molecule has 116 valence electrons. The van der Waals surface area contributed by atoms with Gasteiger partial charge in [-0.1, -0.05) is 24.3 Å². The van der Waals surface area contributed by atoms with Gasteiger partial charge >= 0.3 is 6.18 Å². The van der Waals surface area contributed by atoms with Crippen molar-refractivity contribution in [3.63, 3.8) is 0 Å². The minimum absolute atomic E-state index is 0.220. The SMILES string of the molecule is [O-][S+](/C=C/c1ccc(C(F)(F)F)cc1)Cc1ccc(F)cc1. The van der Waals surface area contributed by atoms with Crippen molar-refractivity contribution in [1.29, 1.82) is 0 Å². The Hall–Kier alpha value is -1.79. The highest BCUT2D eigenvalue weighted by Gasteiger charge is 2.29. The third kappa shape index (κ3) is 4.89. The highest BCUT2D eigenvalue weighted by molar-refractivity contribution is 7.93. The first-order chi connectivity index (χ1) is 10.3. The van der Waals surface area contributed by atoms with Gasteiger partial charge in [0, 0.05) is 5.56 Å². The van der Waals surface area contributed by atoms with Crippen molar-refractivity contribution in [2.75, 3.05) is 0 Å². The van der Waals surface area contributed by atoms with Crippen molar-refractivity contribution in [3.05, 3.63) is 76.4 Å². The van der Waals surface area contributed by atoms with E-state index < -0.39 is 22.9 Å². The topological polar surface area (TPSA) is 23.1 Å². The van der Waals surface area contributed by atoms with Crippen LogP contribution in [-0.2, 0) is 23.1 Å². The van der Waals surface area contributed by atoms with Crippen LogP contribution in [0.4, 0.5) is 17.6 Å². The van der Waals surface area contributed by atoms with E-state index in [2.05, 4.69) is 0 Å². The lowest BCUT2D eigenvalue weighted by Crippen LogP contribution is -2.04. The van der Waals surface area contributed by atoms with Crippen LogP contribution < -0.4 is 0 Å². The van der Waals surface area contributed by atoms with Crippen LogP contribution in [0.1, 0.15) is 16.7 Å². The zero-order valence-electron chi connectivity index (χ0n) is 11.3. The first-order valence-electron chi connectivity index (χ1n) is 6.32. The maximum absolute atomic E-state index is 12.7. The van der Waals surface area contributed by atoms with Gasteiger partial charge in [0.15, 0.2) is 0 Å². The number of hydrogen-bond donors (Lipinski definition) is 0. The summed E-state index contributed by atoms with van der Waals surface area (Å²) in [5.74, 6) is -0.146. The number of hydrogen-bond acceptors (Lipinski definition) is 1. The molecule has 0 aromatic heterocycles. The minimum atomic E-state index is -4.37. The van der Waals surface area contributed by atoms with Crippen LogP contribution in [0.3, 0.4) is 0 Å².